The van der Waals surface area contributed by atoms with Crippen LogP contribution in [-0.4, -0.2) is 32.2 Å². The maximum absolute atomic E-state index is 9.18. The van der Waals surface area contributed by atoms with Crippen molar-refractivity contribution in [2.75, 3.05) is 19.7 Å². The van der Waals surface area contributed by atoms with E-state index in [0.717, 1.165) is 25.9 Å². The summed E-state index contributed by atoms with van der Waals surface area (Å²) in [6.07, 6.45) is 2.31. The Morgan fingerprint density at radius 1 is 1.58 bits per heavy atom. The van der Waals surface area contributed by atoms with Gasteiger partial charge in [-0.1, -0.05) is 0 Å². The molecule has 0 aromatic rings. The SMILES string of the molecule is CCOC=O.NC1CCNCC1. The highest BCUT2D eigenvalue weighted by Gasteiger charge is 2.05. The van der Waals surface area contributed by atoms with E-state index in [4.69, 9.17) is 5.73 Å². The minimum absolute atomic E-state index is 0.431. The molecule has 0 atom stereocenters. The Hall–Kier alpha value is -0.610. The summed E-state index contributed by atoms with van der Waals surface area (Å²) in [6.45, 7) is 4.89. The lowest BCUT2D eigenvalue weighted by molar-refractivity contribution is -0.128. The molecular weight excluding hydrogens is 156 g/mol. The zero-order valence-electron chi connectivity index (χ0n) is 7.58. The minimum atomic E-state index is 0.431. The highest BCUT2D eigenvalue weighted by Crippen LogP contribution is 1.96. The van der Waals surface area contributed by atoms with Gasteiger partial charge in [0.2, 0.25) is 0 Å². The molecule has 12 heavy (non-hydrogen) atoms. The molecule has 1 rings (SSSR count). The molecule has 0 spiro atoms. The van der Waals surface area contributed by atoms with Crippen molar-refractivity contribution in [3.05, 3.63) is 0 Å². The van der Waals surface area contributed by atoms with Crippen molar-refractivity contribution in [3.63, 3.8) is 0 Å². The van der Waals surface area contributed by atoms with E-state index in [9.17, 15) is 4.79 Å². The maximum atomic E-state index is 9.18. The number of piperidine rings is 1. The van der Waals surface area contributed by atoms with Gasteiger partial charge in [-0.25, -0.2) is 0 Å². The third-order valence-corrected chi connectivity index (χ3v) is 1.62. The summed E-state index contributed by atoms with van der Waals surface area (Å²) in [4.78, 5) is 9.18. The summed E-state index contributed by atoms with van der Waals surface area (Å²) in [7, 11) is 0. The van der Waals surface area contributed by atoms with Crippen LogP contribution in [-0.2, 0) is 9.53 Å². The minimum Gasteiger partial charge on any atom is -0.468 e. The Balaban J connectivity index is 0.000000217. The van der Waals surface area contributed by atoms with E-state index in [1.165, 1.54) is 0 Å². The zero-order chi connectivity index (χ0) is 9.23. The molecule has 72 valence electrons. The molecule has 4 nitrogen and oxygen atoms in total. The summed E-state index contributed by atoms with van der Waals surface area (Å²) >= 11 is 0. The van der Waals surface area contributed by atoms with Crippen LogP contribution >= 0.6 is 0 Å². The van der Waals surface area contributed by atoms with Gasteiger partial charge in [-0.15, -0.1) is 0 Å². The van der Waals surface area contributed by atoms with Crippen LogP contribution in [0, 0.1) is 0 Å². The van der Waals surface area contributed by atoms with Gasteiger partial charge in [-0.3, -0.25) is 4.79 Å². The smallest absolute Gasteiger partial charge is 0.293 e. The predicted molar refractivity (Wildman–Crippen MR) is 47.8 cm³/mol. The first-order valence-electron chi connectivity index (χ1n) is 4.32. The van der Waals surface area contributed by atoms with Crippen LogP contribution in [0.25, 0.3) is 0 Å². The van der Waals surface area contributed by atoms with Crippen molar-refractivity contribution in [1.29, 1.82) is 0 Å². The molecule has 1 fully saturated rings. The lowest BCUT2D eigenvalue weighted by atomic mass is 10.1. The first-order chi connectivity index (χ1) is 5.81. The number of ether oxygens (including phenoxy) is 1. The molecule has 1 aliphatic rings. The Kier molecular flexibility index (Phi) is 8.05. The van der Waals surface area contributed by atoms with Crippen LogP contribution in [0.4, 0.5) is 0 Å². The molecule has 0 aliphatic carbocycles. The monoisotopic (exact) mass is 174 g/mol. The van der Waals surface area contributed by atoms with Crippen molar-refractivity contribution in [2.24, 2.45) is 5.73 Å². The van der Waals surface area contributed by atoms with Gasteiger partial charge in [0.25, 0.3) is 6.47 Å². The number of nitrogens with two attached hydrogens (primary N) is 1. The normalized spacial score (nSPS) is 17.5. The fourth-order valence-corrected chi connectivity index (χ4v) is 0.912. The van der Waals surface area contributed by atoms with Crippen LogP contribution < -0.4 is 11.1 Å². The molecule has 0 unspecified atom stereocenters. The van der Waals surface area contributed by atoms with E-state index in [0.29, 0.717) is 19.1 Å². The molecule has 1 aliphatic heterocycles. The topological polar surface area (TPSA) is 64.3 Å². The van der Waals surface area contributed by atoms with Gasteiger partial charge in [0.1, 0.15) is 0 Å². The second-order valence-corrected chi connectivity index (χ2v) is 2.64. The average molecular weight is 174 g/mol. The molecule has 0 aromatic heterocycles. The molecule has 1 saturated heterocycles. The van der Waals surface area contributed by atoms with Crippen molar-refractivity contribution in [1.82, 2.24) is 5.32 Å². The van der Waals surface area contributed by atoms with Crippen LogP contribution in [0.2, 0.25) is 0 Å². The van der Waals surface area contributed by atoms with E-state index >= 15 is 0 Å². The van der Waals surface area contributed by atoms with Gasteiger partial charge < -0.3 is 15.8 Å². The molecule has 1 heterocycles. The van der Waals surface area contributed by atoms with Crippen LogP contribution in [0.1, 0.15) is 19.8 Å². The van der Waals surface area contributed by atoms with Crippen molar-refractivity contribution < 1.29 is 9.53 Å². The quantitative estimate of drug-likeness (QED) is 0.573. The second kappa shape index (κ2) is 8.49. The highest BCUT2D eigenvalue weighted by molar-refractivity contribution is 5.36. The number of carbonyl (C=O) groups excluding carboxylic acids is 1. The Morgan fingerprint density at radius 2 is 2.17 bits per heavy atom. The van der Waals surface area contributed by atoms with Gasteiger partial charge in [0, 0.05) is 6.04 Å². The van der Waals surface area contributed by atoms with Gasteiger partial charge in [0.05, 0.1) is 6.61 Å². The number of carbonyl (C=O) groups is 1. The lowest BCUT2D eigenvalue weighted by Crippen LogP contribution is -2.35. The Bertz CT molecular complexity index is 103. The standard InChI is InChI=1S/C5H12N2.C3H6O2/c6-5-1-3-7-4-2-5;1-2-5-3-4/h5,7H,1-4,6H2;3H,2H2,1H3. The van der Waals surface area contributed by atoms with E-state index in [1.54, 1.807) is 6.92 Å². The summed E-state index contributed by atoms with van der Waals surface area (Å²) in [6, 6.07) is 0.473. The predicted octanol–water partition coefficient (Wildman–Crippen LogP) is -0.124. The van der Waals surface area contributed by atoms with E-state index in [-0.39, 0.29) is 0 Å². The molecule has 0 saturated carbocycles. The second-order valence-electron chi connectivity index (χ2n) is 2.64. The molecule has 4 heteroatoms. The largest absolute Gasteiger partial charge is 0.468 e. The summed E-state index contributed by atoms with van der Waals surface area (Å²) in [5.74, 6) is 0. The van der Waals surface area contributed by atoms with Crippen LogP contribution in [0.5, 0.6) is 0 Å². The zero-order valence-corrected chi connectivity index (χ0v) is 7.58. The van der Waals surface area contributed by atoms with Crippen molar-refractivity contribution >= 4 is 6.47 Å². The van der Waals surface area contributed by atoms with E-state index in [2.05, 4.69) is 10.1 Å². The lowest BCUT2D eigenvalue weighted by Gasteiger charge is -2.17. The Labute approximate surface area is 73.5 Å². The molecule has 0 amide bonds. The summed E-state index contributed by atoms with van der Waals surface area (Å²) in [5, 5.41) is 3.24. The van der Waals surface area contributed by atoms with Gasteiger partial charge in [0.15, 0.2) is 0 Å². The first-order valence-corrected chi connectivity index (χ1v) is 4.32. The van der Waals surface area contributed by atoms with Crippen LogP contribution in [0.3, 0.4) is 0 Å². The molecule has 3 N–H and O–H groups in total. The molecular formula is C8H18N2O2. The number of rotatable bonds is 2. The molecule has 0 radical (unpaired) electrons. The maximum Gasteiger partial charge on any atom is 0.293 e. The Morgan fingerprint density at radius 3 is 2.33 bits per heavy atom. The average Bonchev–Trinajstić information content (AvgIpc) is 2.08. The molecule has 0 bridgehead atoms. The summed E-state index contributed by atoms with van der Waals surface area (Å²) < 4.78 is 4.15. The van der Waals surface area contributed by atoms with E-state index < -0.39 is 0 Å². The fourth-order valence-electron chi connectivity index (χ4n) is 0.912. The third-order valence-electron chi connectivity index (χ3n) is 1.62. The van der Waals surface area contributed by atoms with E-state index in [1.807, 2.05) is 0 Å². The van der Waals surface area contributed by atoms with Gasteiger partial charge in [-0.05, 0) is 32.9 Å². The fraction of sp³-hybridized carbons (Fsp3) is 0.875. The van der Waals surface area contributed by atoms with Crippen molar-refractivity contribution in [2.45, 2.75) is 25.8 Å². The van der Waals surface area contributed by atoms with Gasteiger partial charge >= 0.3 is 0 Å². The molecule has 0 aromatic carbocycles. The summed E-state index contributed by atoms with van der Waals surface area (Å²) in [5.41, 5.74) is 5.59. The highest BCUT2D eigenvalue weighted by atomic mass is 16.5. The number of hydrogen-bond acceptors (Lipinski definition) is 4. The van der Waals surface area contributed by atoms with Gasteiger partial charge in [-0.2, -0.15) is 0 Å². The third kappa shape index (κ3) is 7.50. The number of nitrogens with one attached hydrogen (secondary N) is 1. The van der Waals surface area contributed by atoms with Crippen molar-refractivity contribution in [3.8, 4) is 0 Å². The van der Waals surface area contributed by atoms with Crippen LogP contribution in [0.15, 0.2) is 0 Å². The number of hydrogen-bond donors (Lipinski definition) is 2. The first kappa shape index (κ1) is 11.4.